The standard InChI is InChI=1S/C13H20N2O3S/c1-5-9-6-7-10(19-9)8-14-12(18)15(4)13(2,3)11(16)17/h6-7H,5,8H2,1-4H3,(H,14,18)(H,16,17). The van der Waals surface area contributed by atoms with Crippen molar-refractivity contribution < 1.29 is 14.7 Å². The van der Waals surface area contributed by atoms with E-state index in [1.165, 1.54) is 30.7 Å². The Morgan fingerprint density at radius 2 is 1.95 bits per heavy atom. The Morgan fingerprint density at radius 1 is 1.37 bits per heavy atom. The molecule has 19 heavy (non-hydrogen) atoms. The first-order valence-electron chi connectivity index (χ1n) is 6.11. The number of urea groups is 1. The molecular formula is C13H20N2O3S. The van der Waals surface area contributed by atoms with E-state index in [-0.39, 0.29) is 6.03 Å². The minimum absolute atomic E-state index is 0.390. The highest BCUT2D eigenvalue weighted by Gasteiger charge is 2.35. The third-order valence-corrected chi connectivity index (χ3v) is 4.38. The summed E-state index contributed by atoms with van der Waals surface area (Å²) < 4.78 is 0. The molecule has 0 saturated heterocycles. The highest BCUT2D eigenvalue weighted by atomic mass is 32.1. The largest absolute Gasteiger partial charge is 0.480 e. The van der Waals surface area contributed by atoms with Crippen LogP contribution in [0.5, 0.6) is 0 Å². The van der Waals surface area contributed by atoms with Crippen molar-refractivity contribution in [3.05, 3.63) is 21.9 Å². The lowest BCUT2D eigenvalue weighted by Gasteiger charge is -2.31. The molecule has 0 spiro atoms. The number of carboxylic acid groups (broad SMARTS) is 1. The SMILES string of the molecule is CCc1ccc(CNC(=O)N(C)C(C)(C)C(=O)O)s1. The van der Waals surface area contributed by atoms with E-state index in [0.29, 0.717) is 6.54 Å². The fraction of sp³-hybridized carbons (Fsp3) is 0.538. The zero-order valence-corrected chi connectivity index (χ0v) is 12.5. The van der Waals surface area contributed by atoms with Gasteiger partial charge >= 0.3 is 12.0 Å². The number of aryl methyl sites for hydroxylation is 1. The van der Waals surface area contributed by atoms with Crippen LogP contribution in [0, 0.1) is 0 Å². The molecule has 0 saturated carbocycles. The van der Waals surface area contributed by atoms with E-state index >= 15 is 0 Å². The second-order valence-electron chi connectivity index (χ2n) is 4.80. The number of hydrogen-bond acceptors (Lipinski definition) is 3. The molecule has 0 aromatic carbocycles. The van der Waals surface area contributed by atoms with Gasteiger partial charge in [0, 0.05) is 16.8 Å². The van der Waals surface area contributed by atoms with Crippen molar-refractivity contribution in [1.82, 2.24) is 10.2 Å². The molecule has 0 bridgehead atoms. The van der Waals surface area contributed by atoms with E-state index in [4.69, 9.17) is 5.11 Å². The normalized spacial score (nSPS) is 11.2. The van der Waals surface area contributed by atoms with E-state index in [1.54, 1.807) is 11.3 Å². The summed E-state index contributed by atoms with van der Waals surface area (Å²) in [5, 5.41) is 11.8. The van der Waals surface area contributed by atoms with Crippen molar-refractivity contribution >= 4 is 23.3 Å². The molecule has 0 radical (unpaired) electrons. The second kappa shape index (κ2) is 6.06. The topological polar surface area (TPSA) is 69.6 Å². The Balaban J connectivity index is 2.58. The molecule has 1 rings (SSSR count). The molecule has 0 unspecified atom stereocenters. The lowest BCUT2D eigenvalue weighted by atomic mass is 10.1. The van der Waals surface area contributed by atoms with Crippen LogP contribution in [0.4, 0.5) is 4.79 Å². The van der Waals surface area contributed by atoms with Gasteiger partial charge < -0.3 is 15.3 Å². The van der Waals surface area contributed by atoms with Crippen LogP contribution in [0.1, 0.15) is 30.5 Å². The lowest BCUT2D eigenvalue weighted by Crippen LogP contribution is -2.53. The molecule has 0 aliphatic heterocycles. The zero-order valence-electron chi connectivity index (χ0n) is 11.7. The maximum Gasteiger partial charge on any atom is 0.329 e. The summed E-state index contributed by atoms with van der Waals surface area (Å²) in [6.45, 7) is 5.49. The monoisotopic (exact) mass is 284 g/mol. The van der Waals surface area contributed by atoms with Crippen molar-refractivity contribution in [2.45, 2.75) is 39.3 Å². The molecule has 0 aliphatic rings. The van der Waals surface area contributed by atoms with Gasteiger partial charge in [-0.25, -0.2) is 9.59 Å². The Morgan fingerprint density at radius 3 is 2.42 bits per heavy atom. The summed E-state index contributed by atoms with van der Waals surface area (Å²) in [6, 6.07) is 3.63. The number of hydrogen-bond donors (Lipinski definition) is 2. The number of carboxylic acids is 1. The molecule has 5 nitrogen and oxygen atoms in total. The van der Waals surface area contributed by atoms with Gasteiger partial charge in [0.25, 0.3) is 0 Å². The van der Waals surface area contributed by atoms with Gasteiger partial charge in [-0.1, -0.05) is 6.92 Å². The first-order valence-corrected chi connectivity index (χ1v) is 6.93. The number of thiophene rings is 1. The van der Waals surface area contributed by atoms with Crippen LogP contribution in [-0.4, -0.2) is 34.6 Å². The maximum absolute atomic E-state index is 11.9. The van der Waals surface area contributed by atoms with E-state index in [1.807, 2.05) is 12.1 Å². The maximum atomic E-state index is 11.9. The van der Waals surface area contributed by atoms with E-state index in [0.717, 1.165) is 11.3 Å². The summed E-state index contributed by atoms with van der Waals surface area (Å²) in [4.78, 5) is 26.5. The third kappa shape index (κ3) is 3.70. The van der Waals surface area contributed by atoms with Crippen LogP contribution < -0.4 is 5.32 Å². The number of carbonyl (C=O) groups excluding carboxylic acids is 1. The van der Waals surface area contributed by atoms with Crippen molar-refractivity contribution in [3.63, 3.8) is 0 Å². The number of carbonyl (C=O) groups is 2. The molecule has 0 atom stereocenters. The highest BCUT2D eigenvalue weighted by Crippen LogP contribution is 2.17. The van der Waals surface area contributed by atoms with Crippen molar-refractivity contribution in [3.8, 4) is 0 Å². The van der Waals surface area contributed by atoms with Gasteiger partial charge in [-0.2, -0.15) is 0 Å². The third-order valence-electron chi connectivity index (χ3n) is 3.15. The fourth-order valence-corrected chi connectivity index (χ4v) is 2.28. The molecule has 1 aromatic rings. The molecule has 2 amide bonds. The average Bonchev–Trinajstić information content (AvgIpc) is 2.82. The summed E-state index contributed by atoms with van der Waals surface area (Å²) in [7, 11) is 1.48. The smallest absolute Gasteiger partial charge is 0.329 e. The van der Waals surface area contributed by atoms with Crippen LogP contribution in [0.3, 0.4) is 0 Å². The number of rotatable bonds is 5. The minimum Gasteiger partial charge on any atom is -0.480 e. The van der Waals surface area contributed by atoms with E-state index in [2.05, 4.69) is 12.2 Å². The van der Waals surface area contributed by atoms with Crippen molar-refractivity contribution in [2.24, 2.45) is 0 Å². The van der Waals surface area contributed by atoms with Gasteiger partial charge in [0.2, 0.25) is 0 Å². The van der Waals surface area contributed by atoms with Gasteiger partial charge in [0.05, 0.1) is 6.54 Å². The first-order chi connectivity index (χ1) is 8.78. The summed E-state index contributed by atoms with van der Waals surface area (Å²) in [6.07, 6.45) is 0.977. The number of amides is 2. The van der Waals surface area contributed by atoms with Gasteiger partial charge in [-0.05, 0) is 32.4 Å². The Kier molecular flexibility index (Phi) is 4.94. The molecule has 6 heteroatoms. The average molecular weight is 284 g/mol. The number of aliphatic carboxylic acids is 1. The summed E-state index contributed by atoms with van der Waals surface area (Å²) >= 11 is 1.65. The molecule has 0 fully saturated rings. The predicted molar refractivity (Wildman–Crippen MR) is 75.4 cm³/mol. The Labute approximate surface area is 117 Å². The summed E-state index contributed by atoms with van der Waals surface area (Å²) in [5.74, 6) is -1.03. The fourth-order valence-electron chi connectivity index (χ4n) is 1.39. The van der Waals surface area contributed by atoms with Crippen LogP contribution in [-0.2, 0) is 17.8 Å². The highest BCUT2D eigenvalue weighted by molar-refractivity contribution is 7.11. The van der Waals surface area contributed by atoms with Crippen LogP contribution in [0.2, 0.25) is 0 Å². The molecule has 1 aromatic heterocycles. The number of nitrogens with zero attached hydrogens (tertiary/aromatic N) is 1. The Hall–Kier alpha value is -1.56. The second-order valence-corrected chi connectivity index (χ2v) is 6.06. The molecule has 2 N–H and O–H groups in total. The number of nitrogens with one attached hydrogen (secondary N) is 1. The lowest BCUT2D eigenvalue weighted by molar-refractivity contribution is -0.146. The van der Waals surface area contributed by atoms with Crippen LogP contribution in [0.15, 0.2) is 12.1 Å². The Bertz CT molecular complexity index is 468. The van der Waals surface area contributed by atoms with Gasteiger partial charge in [0.1, 0.15) is 5.54 Å². The summed E-state index contributed by atoms with van der Waals surface area (Å²) in [5.41, 5.74) is -1.23. The minimum atomic E-state index is -1.23. The van der Waals surface area contributed by atoms with Gasteiger partial charge in [0.15, 0.2) is 0 Å². The quantitative estimate of drug-likeness (QED) is 0.871. The molecule has 0 aliphatic carbocycles. The van der Waals surface area contributed by atoms with Gasteiger partial charge in [-0.3, -0.25) is 0 Å². The zero-order chi connectivity index (χ0) is 14.6. The van der Waals surface area contributed by atoms with Gasteiger partial charge in [-0.15, -0.1) is 11.3 Å². The van der Waals surface area contributed by atoms with Crippen molar-refractivity contribution in [1.29, 1.82) is 0 Å². The van der Waals surface area contributed by atoms with Crippen molar-refractivity contribution in [2.75, 3.05) is 7.05 Å². The first kappa shape index (κ1) is 15.5. The van der Waals surface area contributed by atoms with E-state index < -0.39 is 11.5 Å². The predicted octanol–water partition coefficient (Wildman–Crippen LogP) is 2.32. The van der Waals surface area contributed by atoms with Crippen LogP contribution >= 0.6 is 11.3 Å². The van der Waals surface area contributed by atoms with E-state index in [9.17, 15) is 9.59 Å². The molecule has 106 valence electrons. The van der Waals surface area contributed by atoms with Crippen LogP contribution in [0.25, 0.3) is 0 Å². The molecular weight excluding hydrogens is 264 g/mol. The molecule has 1 heterocycles. The number of likely N-dealkylation sites (N-methyl/N-ethyl adjacent to an activating group) is 1.